The van der Waals surface area contributed by atoms with E-state index in [-0.39, 0.29) is 5.41 Å². The largest absolute Gasteiger partial charge is 0.379 e. The Kier molecular flexibility index (Phi) is 2.30. The lowest BCUT2D eigenvalue weighted by Gasteiger charge is -2.38. The second kappa shape index (κ2) is 3.54. The highest BCUT2D eigenvalue weighted by Gasteiger charge is 2.42. The van der Waals surface area contributed by atoms with Crippen LogP contribution in [0.4, 0.5) is 0 Å². The summed E-state index contributed by atoms with van der Waals surface area (Å²) in [5.74, 6) is 0.728. The van der Waals surface area contributed by atoms with Gasteiger partial charge in [0.05, 0.1) is 24.3 Å². The van der Waals surface area contributed by atoms with Crippen molar-refractivity contribution >= 4 is 11.3 Å². The van der Waals surface area contributed by atoms with Gasteiger partial charge in [0.15, 0.2) is 0 Å². The molecule has 0 atom stereocenters. The van der Waals surface area contributed by atoms with Crippen LogP contribution in [0.25, 0.3) is 0 Å². The van der Waals surface area contributed by atoms with E-state index in [2.05, 4.69) is 5.38 Å². The minimum atomic E-state index is 0.0483. The first-order valence-electron chi connectivity index (χ1n) is 5.58. The Morgan fingerprint density at radius 2 is 2.33 bits per heavy atom. The molecule has 0 spiro atoms. The molecule has 1 saturated carbocycles. The number of rotatable bonds is 3. The van der Waals surface area contributed by atoms with Crippen LogP contribution in [0.1, 0.15) is 35.9 Å². The van der Waals surface area contributed by atoms with Gasteiger partial charge in [-0.2, -0.15) is 0 Å². The molecule has 2 heterocycles. The Morgan fingerprint density at radius 1 is 1.53 bits per heavy atom. The van der Waals surface area contributed by atoms with Crippen molar-refractivity contribution in [2.75, 3.05) is 19.8 Å². The van der Waals surface area contributed by atoms with Crippen molar-refractivity contribution in [1.29, 1.82) is 0 Å². The number of ether oxygens (including phenoxy) is 1. The highest BCUT2D eigenvalue weighted by atomic mass is 32.1. The van der Waals surface area contributed by atoms with Crippen LogP contribution >= 0.6 is 11.3 Å². The summed E-state index contributed by atoms with van der Waals surface area (Å²) in [6.07, 6.45) is 3.99. The summed E-state index contributed by atoms with van der Waals surface area (Å²) in [4.78, 5) is 4.76. The van der Waals surface area contributed by atoms with Gasteiger partial charge in [0.1, 0.15) is 5.01 Å². The van der Waals surface area contributed by atoms with Crippen LogP contribution in [0.5, 0.6) is 0 Å². The van der Waals surface area contributed by atoms with E-state index in [1.165, 1.54) is 30.0 Å². The van der Waals surface area contributed by atoms with Gasteiger partial charge in [0.2, 0.25) is 0 Å². The highest BCUT2D eigenvalue weighted by Crippen LogP contribution is 2.40. The Morgan fingerprint density at radius 3 is 2.80 bits per heavy atom. The fraction of sp³-hybridized carbons (Fsp3) is 0.727. The molecule has 2 fully saturated rings. The normalized spacial score (nSPS) is 24.6. The number of nitrogens with zero attached hydrogens (tertiary/aromatic N) is 1. The van der Waals surface area contributed by atoms with Crippen LogP contribution in [-0.2, 0) is 10.2 Å². The summed E-state index contributed by atoms with van der Waals surface area (Å²) < 4.78 is 5.28. The molecule has 0 bridgehead atoms. The van der Waals surface area contributed by atoms with E-state index in [9.17, 15) is 0 Å². The van der Waals surface area contributed by atoms with Crippen LogP contribution in [0, 0.1) is 0 Å². The van der Waals surface area contributed by atoms with Gasteiger partial charge in [0, 0.05) is 17.8 Å². The van der Waals surface area contributed by atoms with Gasteiger partial charge in [-0.3, -0.25) is 0 Å². The van der Waals surface area contributed by atoms with Crippen LogP contribution in [0.2, 0.25) is 0 Å². The summed E-state index contributed by atoms with van der Waals surface area (Å²) in [7, 11) is 0. The summed E-state index contributed by atoms with van der Waals surface area (Å²) >= 11 is 1.76. The zero-order valence-electron chi connectivity index (χ0n) is 8.74. The molecule has 3 rings (SSSR count). The van der Waals surface area contributed by atoms with Gasteiger partial charge in [0.25, 0.3) is 0 Å². The minimum absolute atomic E-state index is 0.0483. The summed E-state index contributed by atoms with van der Waals surface area (Å²) in [6.45, 7) is 2.16. The van der Waals surface area contributed by atoms with Gasteiger partial charge < -0.3 is 10.5 Å². The fourth-order valence-electron chi connectivity index (χ4n) is 2.10. The molecule has 3 nitrogen and oxygen atoms in total. The van der Waals surface area contributed by atoms with Gasteiger partial charge in [-0.15, -0.1) is 11.3 Å². The Hall–Kier alpha value is -0.450. The molecule has 0 unspecified atom stereocenters. The standard InChI is InChI=1S/C11H16N2OS/c12-5-11(6-14-7-11)10-13-9(4-15-10)8-2-1-3-8/h4,8H,1-3,5-7,12H2. The van der Waals surface area contributed by atoms with Crippen LogP contribution in [0.15, 0.2) is 5.38 Å². The molecular formula is C11H16N2OS. The van der Waals surface area contributed by atoms with Crippen molar-refractivity contribution in [3.63, 3.8) is 0 Å². The molecule has 0 amide bonds. The molecule has 4 heteroatoms. The topological polar surface area (TPSA) is 48.1 Å². The molecule has 1 aromatic rings. The van der Waals surface area contributed by atoms with E-state index in [1.54, 1.807) is 11.3 Å². The van der Waals surface area contributed by atoms with E-state index in [1.807, 2.05) is 0 Å². The van der Waals surface area contributed by atoms with Crippen molar-refractivity contribution in [2.45, 2.75) is 30.6 Å². The zero-order valence-corrected chi connectivity index (χ0v) is 9.55. The molecule has 15 heavy (non-hydrogen) atoms. The van der Waals surface area contributed by atoms with Gasteiger partial charge in [-0.1, -0.05) is 6.42 Å². The number of thiazole rings is 1. The third-order valence-electron chi connectivity index (χ3n) is 3.65. The van der Waals surface area contributed by atoms with Gasteiger partial charge in [-0.25, -0.2) is 4.98 Å². The minimum Gasteiger partial charge on any atom is -0.379 e. The predicted octanol–water partition coefficient (Wildman–Crippen LogP) is 1.64. The first-order chi connectivity index (χ1) is 7.34. The van der Waals surface area contributed by atoms with Gasteiger partial charge >= 0.3 is 0 Å². The SMILES string of the molecule is NCC1(c2nc(C3CCC3)cs2)COC1. The summed E-state index contributed by atoms with van der Waals surface area (Å²) in [5.41, 5.74) is 7.16. The van der Waals surface area contributed by atoms with Crippen molar-refractivity contribution in [3.8, 4) is 0 Å². The van der Waals surface area contributed by atoms with Crippen molar-refractivity contribution in [3.05, 3.63) is 16.1 Å². The molecule has 1 aliphatic carbocycles. The summed E-state index contributed by atoms with van der Waals surface area (Å²) in [5, 5.41) is 3.41. The first kappa shape index (κ1) is 9.75. The third kappa shape index (κ3) is 1.43. The van der Waals surface area contributed by atoms with Crippen LogP contribution in [-0.4, -0.2) is 24.7 Å². The van der Waals surface area contributed by atoms with Crippen LogP contribution < -0.4 is 5.73 Å². The average Bonchev–Trinajstić information content (AvgIpc) is 2.50. The van der Waals surface area contributed by atoms with Crippen molar-refractivity contribution in [1.82, 2.24) is 4.98 Å². The molecule has 2 aliphatic rings. The lowest BCUT2D eigenvalue weighted by Crippen LogP contribution is -2.52. The molecule has 82 valence electrons. The maximum absolute atomic E-state index is 5.82. The maximum atomic E-state index is 5.82. The summed E-state index contributed by atoms with van der Waals surface area (Å²) in [6, 6.07) is 0. The number of nitrogens with two attached hydrogens (primary N) is 1. The smallest absolute Gasteiger partial charge is 0.105 e. The average molecular weight is 224 g/mol. The molecule has 0 radical (unpaired) electrons. The van der Waals surface area contributed by atoms with E-state index >= 15 is 0 Å². The number of aromatic nitrogens is 1. The van der Waals surface area contributed by atoms with Crippen molar-refractivity contribution in [2.24, 2.45) is 5.73 Å². The van der Waals surface area contributed by atoms with E-state index in [4.69, 9.17) is 15.5 Å². The van der Waals surface area contributed by atoms with Gasteiger partial charge in [-0.05, 0) is 12.8 Å². The Bertz CT molecular complexity index is 350. The highest BCUT2D eigenvalue weighted by molar-refractivity contribution is 7.09. The third-order valence-corrected chi connectivity index (χ3v) is 4.75. The van der Waals surface area contributed by atoms with Crippen molar-refractivity contribution < 1.29 is 4.74 Å². The second-order valence-corrected chi connectivity index (χ2v) is 5.54. The fourth-order valence-corrected chi connectivity index (χ4v) is 3.19. The molecule has 0 aromatic carbocycles. The number of hydrogen-bond donors (Lipinski definition) is 1. The predicted molar refractivity (Wildman–Crippen MR) is 60.3 cm³/mol. The van der Waals surface area contributed by atoms with E-state index in [0.29, 0.717) is 6.54 Å². The monoisotopic (exact) mass is 224 g/mol. The molecular weight excluding hydrogens is 208 g/mol. The molecule has 2 N–H and O–H groups in total. The second-order valence-electron chi connectivity index (χ2n) is 4.68. The quantitative estimate of drug-likeness (QED) is 0.849. The molecule has 1 saturated heterocycles. The molecule has 1 aliphatic heterocycles. The maximum Gasteiger partial charge on any atom is 0.105 e. The molecule has 1 aromatic heterocycles. The lowest BCUT2D eigenvalue weighted by atomic mass is 9.83. The van der Waals surface area contributed by atoms with Crippen LogP contribution in [0.3, 0.4) is 0 Å². The lowest BCUT2D eigenvalue weighted by molar-refractivity contribution is -0.0551. The zero-order chi connectivity index (χ0) is 10.3. The Labute approximate surface area is 93.7 Å². The van der Waals surface area contributed by atoms with E-state index in [0.717, 1.165) is 19.1 Å². The number of hydrogen-bond acceptors (Lipinski definition) is 4. The first-order valence-corrected chi connectivity index (χ1v) is 6.46. The van der Waals surface area contributed by atoms with E-state index < -0.39 is 0 Å². The Balaban J connectivity index is 1.82.